The zero-order valence-corrected chi connectivity index (χ0v) is 10.9. The minimum absolute atomic E-state index is 0.0635. The monoisotopic (exact) mass is 258 g/mol. The third-order valence-corrected chi connectivity index (χ3v) is 3.06. The second kappa shape index (κ2) is 6.13. The summed E-state index contributed by atoms with van der Waals surface area (Å²) >= 11 is 7.53. The summed E-state index contributed by atoms with van der Waals surface area (Å²) in [5, 5.41) is 3.19. The van der Waals surface area contributed by atoms with E-state index in [0.717, 1.165) is 4.90 Å². The van der Waals surface area contributed by atoms with Gasteiger partial charge >= 0.3 is 0 Å². The maximum absolute atomic E-state index is 11.8. The standard InChI is InChI=1S/C11H15ClN2OS/c1-7(13)6-14-11(15)9-5-8(16-2)3-4-10(9)12/h3-5,7H,6,13H2,1-2H3,(H,14,15). The normalized spacial score (nSPS) is 12.2. The van der Waals surface area contributed by atoms with E-state index in [0.29, 0.717) is 17.1 Å². The summed E-state index contributed by atoms with van der Waals surface area (Å²) in [4.78, 5) is 12.8. The van der Waals surface area contributed by atoms with Crippen LogP contribution in [0.4, 0.5) is 0 Å². The van der Waals surface area contributed by atoms with Gasteiger partial charge in [-0.05, 0) is 31.4 Å². The number of thioether (sulfide) groups is 1. The Morgan fingerprint density at radius 3 is 2.88 bits per heavy atom. The molecule has 1 amide bonds. The van der Waals surface area contributed by atoms with Crippen LogP contribution in [0.5, 0.6) is 0 Å². The molecule has 1 rings (SSSR count). The third kappa shape index (κ3) is 3.70. The Bertz CT molecular complexity index is 382. The predicted octanol–water partition coefficient (Wildman–Crippen LogP) is 2.14. The number of carbonyl (C=O) groups excluding carboxylic acids is 1. The molecule has 0 radical (unpaired) electrons. The van der Waals surface area contributed by atoms with E-state index in [1.54, 1.807) is 23.9 Å². The van der Waals surface area contributed by atoms with Crippen LogP contribution >= 0.6 is 23.4 Å². The SMILES string of the molecule is CSc1ccc(Cl)c(C(=O)NCC(C)N)c1. The third-order valence-electron chi connectivity index (χ3n) is 2.00. The average Bonchev–Trinajstić information content (AvgIpc) is 2.26. The summed E-state index contributed by atoms with van der Waals surface area (Å²) in [6.45, 7) is 2.28. The molecule has 0 saturated carbocycles. The molecule has 0 aromatic heterocycles. The lowest BCUT2D eigenvalue weighted by atomic mass is 10.2. The lowest BCUT2D eigenvalue weighted by Gasteiger charge is -2.09. The fraction of sp³-hybridized carbons (Fsp3) is 0.364. The van der Waals surface area contributed by atoms with Crippen LogP contribution in [-0.4, -0.2) is 24.7 Å². The first kappa shape index (κ1) is 13.4. The summed E-state index contributed by atoms with van der Waals surface area (Å²) in [5.41, 5.74) is 6.06. The number of benzene rings is 1. The van der Waals surface area contributed by atoms with E-state index in [-0.39, 0.29) is 11.9 Å². The molecule has 0 heterocycles. The average molecular weight is 259 g/mol. The number of carbonyl (C=O) groups is 1. The van der Waals surface area contributed by atoms with Crippen LogP contribution in [0.15, 0.2) is 23.1 Å². The molecule has 1 unspecified atom stereocenters. The van der Waals surface area contributed by atoms with Crippen molar-refractivity contribution in [3.63, 3.8) is 0 Å². The highest BCUT2D eigenvalue weighted by molar-refractivity contribution is 7.98. The minimum atomic E-state index is -0.182. The van der Waals surface area contributed by atoms with E-state index >= 15 is 0 Å². The Labute approximate surface area is 105 Å². The maximum atomic E-state index is 11.8. The van der Waals surface area contributed by atoms with Crippen molar-refractivity contribution in [3.8, 4) is 0 Å². The summed E-state index contributed by atoms with van der Waals surface area (Å²) in [7, 11) is 0. The van der Waals surface area contributed by atoms with Crippen molar-refractivity contribution < 1.29 is 4.79 Å². The predicted molar refractivity (Wildman–Crippen MR) is 69.2 cm³/mol. The van der Waals surface area contributed by atoms with Gasteiger partial charge in [-0.1, -0.05) is 11.6 Å². The first-order chi connectivity index (χ1) is 7.54. The van der Waals surface area contributed by atoms with Crippen molar-refractivity contribution in [1.82, 2.24) is 5.32 Å². The molecule has 1 atom stereocenters. The number of hydrogen-bond donors (Lipinski definition) is 2. The first-order valence-electron chi connectivity index (χ1n) is 4.92. The van der Waals surface area contributed by atoms with Crippen LogP contribution < -0.4 is 11.1 Å². The van der Waals surface area contributed by atoms with Crippen molar-refractivity contribution in [2.24, 2.45) is 5.73 Å². The fourth-order valence-corrected chi connectivity index (χ4v) is 1.80. The number of halogens is 1. The quantitative estimate of drug-likeness (QED) is 0.814. The van der Waals surface area contributed by atoms with Crippen LogP contribution in [0, 0.1) is 0 Å². The van der Waals surface area contributed by atoms with Gasteiger partial charge in [0.2, 0.25) is 0 Å². The molecule has 5 heteroatoms. The maximum Gasteiger partial charge on any atom is 0.252 e. The molecular weight excluding hydrogens is 244 g/mol. The minimum Gasteiger partial charge on any atom is -0.350 e. The molecule has 0 saturated heterocycles. The van der Waals surface area contributed by atoms with E-state index in [1.165, 1.54) is 0 Å². The molecule has 3 N–H and O–H groups in total. The summed E-state index contributed by atoms with van der Waals surface area (Å²) in [5.74, 6) is -0.182. The van der Waals surface area contributed by atoms with Crippen molar-refractivity contribution in [2.75, 3.05) is 12.8 Å². The van der Waals surface area contributed by atoms with E-state index in [1.807, 2.05) is 19.2 Å². The molecule has 0 fully saturated rings. The van der Waals surface area contributed by atoms with E-state index < -0.39 is 0 Å². The summed E-state index contributed by atoms with van der Waals surface area (Å²) < 4.78 is 0. The molecule has 0 bridgehead atoms. The molecule has 0 spiro atoms. The number of hydrogen-bond acceptors (Lipinski definition) is 3. The van der Waals surface area contributed by atoms with Crippen molar-refractivity contribution in [1.29, 1.82) is 0 Å². The van der Waals surface area contributed by atoms with Gasteiger partial charge in [-0.25, -0.2) is 0 Å². The van der Waals surface area contributed by atoms with Crippen LogP contribution in [0.1, 0.15) is 17.3 Å². The molecule has 3 nitrogen and oxygen atoms in total. The Morgan fingerprint density at radius 2 is 2.31 bits per heavy atom. The molecule has 16 heavy (non-hydrogen) atoms. The fourth-order valence-electron chi connectivity index (χ4n) is 1.15. The topological polar surface area (TPSA) is 55.1 Å². The lowest BCUT2D eigenvalue weighted by Crippen LogP contribution is -2.35. The van der Waals surface area contributed by atoms with E-state index in [9.17, 15) is 4.79 Å². The Morgan fingerprint density at radius 1 is 1.62 bits per heavy atom. The molecular formula is C11H15ClN2OS. The molecule has 0 aliphatic carbocycles. The Kier molecular flexibility index (Phi) is 5.12. The van der Waals surface area contributed by atoms with Gasteiger partial charge in [0.05, 0.1) is 10.6 Å². The second-order valence-corrected chi connectivity index (χ2v) is 4.82. The van der Waals surface area contributed by atoms with Crippen LogP contribution in [0.2, 0.25) is 5.02 Å². The number of nitrogens with one attached hydrogen (secondary N) is 1. The van der Waals surface area contributed by atoms with Crippen molar-refractivity contribution in [3.05, 3.63) is 28.8 Å². The zero-order valence-electron chi connectivity index (χ0n) is 9.29. The molecule has 0 aliphatic rings. The Hall–Kier alpha value is -0.710. The number of nitrogens with two attached hydrogens (primary N) is 1. The van der Waals surface area contributed by atoms with Gasteiger partial charge in [-0.2, -0.15) is 0 Å². The largest absolute Gasteiger partial charge is 0.350 e. The highest BCUT2D eigenvalue weighted by atomic mass is 35.5. The van der Waals surface area contributed by atoms with Gasteiger partial charge in [0.25, 0.3) is 5.91 Å². The Balaban J connectivity index is 2.81. The van der Waals surface area contributed by atoms with E-state index in [4.69, 9.17) is 17.3 Å². The van der Waals surface area contributed by atoms with E-state index in [2.05, 4.69) is 5.32 Å². The van der Waals surface area contributed by atoms with Gasteiger partial charge in [-0.15, -0.1) is 11.8 Å². The molecule has 0 aliphatic heterocycles. The molecule has 1 aromatic rings. The number of rotatable bonds is 4. The van der Waals surface area contributed by atoms with Crippen LogP contribution in [0.3, 0.4) is 0 Å². The number of amides is 1. The van der Waals surface area contributed by atoms with Crippen molar-refractivity contribution >= 4 is 29.3 Å². The summed E-state index contributed by atoms with van der Waals surface area (Å²) in [6, 6.07) is 5.33. The summed E-state index contributed by atoms with van der Waals surface area (Å²) in [6.07, 6.45) is 1.95. The second-order valence-electron chi connectivity index (χ2n) is 3.53. The van der Waals surface area contributed by atoms with Gasteiger partial charge < -0.3 is 11.1 Å². The van der Waals surface area contributed by atoms with Gasteiger partial charge in [-0.3, -0.25) is 4.79 Å². The highest BCUT2D eigenvalue weighted by Gasteiger charge is 2.11. The van der Waals surface area contributed by atoms with Gasteiger partial charge in [0.1, 0.15) is 0 Å². The zero-order chi connectivity index (χ0) is 12.1. The van der Waals surface area contributed by atoms with Crippen LogP contribution in [0.25, 0.3) is 0 Å². The molecule has 1 aromatic carbocycles. The van der Waals surface area contributed by atoms with Gasteiger partial charge in [0, 0.05) is 17.5 Å². The lowest BCUT2D eigenvalue weighted by molar-refractivity contribution is 0.0951. The first-order valence-corrected chi connectivity index (χ1v) is 6.52. The van der Waals surface area contributed by atoms with Gasteiger partial charge in [0.15, 0.2) is 0 Å². The molecule has 88 valence electrons. The van der Waals surface area contributed by atoms with Crippen LogP contribution in [-0.2, 0) is 0 Å². The van der Waals surface area contributed by atoms with Crippen molar-refractivity contribution in [2.45, 2.75) is 17.9 Å². The smallest absolute Gasteiger partial charge is 0.252 e. The highest BCUT2D eigenvalue weighted by Crippen LogP contribution is 2.22.